The van der Waals surface area contributed by atoms with E-state index >= 15 is 0 Å². The van der Waals surface area contributed by atoms with Crippen LogP contribution in [0, 0.1) is 23.3 Å². The SMILES string of the molecule is CC(C)(C)c1cc(-c2ccc(F)cc2)nn2cc(C(=O)N3CCN(C(=O)c4ccncn4)CC3(C)C)nc12.CC(C)(C)c1cc(-c2ccc(F)cc2)nn2cc(C(=O)N3CCN(C(=O)c4cn[nH]c4)CC3(C)C)nc12.CC(C)(C)c1cc(-c2ccc(F)cc2)nn2cc(C(=O)N3CCN(C(=O)c4cncnc4)CC3(C)C)nc12.CC(C)(C)c1cc(-c2ccc(F)cc2)nn2cc(C(=O)N3CCN(C(=O)c4ncc[nH]4)CC3(C)C)nc12. The van der Waals surface area contributed by atoms with Crippen molar-refractivity contribution in [1.29, 1.82) is 0 Å². The van der Waals surface area contributed by atoms with Crippen molar-refractivity contribution < 1.29 is 55.9 Å². The molecule has 4 fully saturated rings. The summed E-state index contributed by atoms with van der Waals surface area (Å²) in [4.78, 5) is 162. The number of amides is 8. The summed E-state index contributed by atoms with van der Waals surface area (Å²) in [6.45, 7) is 44.9. The first-order chi connectivity index (χ1) is 70.7. The highest BCUT2D eigenvalue weighted by molar-refractivity contribution is 5.99. The monoisotopic (exact) mass is 2040 g/mol. The molecule has 0 aliphatic carbocycles. The van der Waals surface area contributed by atoms with Gasteiger partial charge in [0.15, 0.2) is 28.4 Å². The molecule has 776 valence electrons. The molecule has 0 unspecified atom stereocenters. The molecule has 2 N–H and O–H groups in total. The van der Waals surface area contributed by atoms with Crippen molar-refractivity contribution >= 4 is 69.8 Å². The Morgan fingerprint density at radius 3 is 0.867 bits per heavy atom. The van der Waals surface area contributed by atoms with E-state index < -0.39 is 22.2 Å². The minimum atomic E-state index is -0.632. The number of rotatable bonds is 12. The summed E-state index contributed by atoms with van der Waals surface area (Å²) in [6, 6.07) is 34.1. The van der Waals surface area contributed by atoms with Gasteiger partial charge in [0, 0.05) is 160 Å². The molecule has 40 heteroatoms. The lowest BCUT2D eigenvalue weighted by Gasteiger charge is -2.46. The Bertz CT molecular complexity index is 7320. The van der Waals surface area contributed by atoms with Gasteiger partial charge in [-0.25, -0.2) is 80.5 Å². The van der Waals surface area contributed by atoms with Gasteiger partial charge in [0.05, 0.1) is 87.0 Å². The van der Waals surface area contributed by atoms with Gasteiger partial charge in [-0.15, -0.1) is 0 Å². The molecule has 20 rings (SSSR count). The minimum absolute atomic E-state index is 0.117. The number of hydrogen-bond donors (Lipinski definition) is 2. The molecule has 4 aromatic carbocycles. The lowest BCUT2D eigenvalue weighted by atomic mass is 9.87. The maximum Gasteiger partial charge on any atom is 0.289 e. The van der Waals surface area contributed by atoms with Gasteiger partial charge in [-0.05, 0) is 204 Å². The third-order valence-electron chi connectivity index (χ3n) is 27.2. The van der Waals surface area contributed by atoms with Crippen LogP contribution in [-0.2, 0) is 21.7 Å². The van der Waals surface area contributed by atoms with Crippen molar-refractivity contribution in [3.05, 3.63) is 299 Å². The second-order valence-electron chi connectivity index (χ2n) is 44.5. The van der Waals surface area contributed by atoms with Gasteiger partial charge in [-0.3, -0.25) is 43.5 Å². The molecular weight excluding hydrogens is 1920 g/mol. The lowest BCUT2D eigenvalue weighted by molar-refractivity contribution is 0.0160. The fourth-order valence-electron chi connectivity index (χ4n) is 19.2. The van der Waals surface area contributed by atoms with Crippen molar-refractivity contribution in [2.24, 2.45) is 0 Å². The highest BCUT2D eigenvalue weighted by Gasteiger charge is 2.46. The fourth-order valence-corrected chi connectivity index (χ4v) is 19.2. The molecule has 150 heavy (non-hydrogen) atoms. The average Bonchev–Trinajstić information content (AvgIpc) is 1.59. The number of fused-ring (bicyclic) bond motifs is 4. The number of aromatic amines is 2. The quantitative estimate of drug-likeness (QED) is 0.107. The van der Waals surface area contributed by atoms with E-state index in [1.807, 2.05) is 79.7 Å². The summed E-state index contributed by atoms with van der Waals surface area (Å²) in [5.41, 5.74) is 10.6. The Kier molecular flexibility index (Phi) is 28.3. The zero-order valence-corrected chi connectivity index (χ0v) is 87.5. The molecule has 0 radical (unpaired) electrons. The van der Waals surface area contributed by atoms with E-state index in [-0.39, 0.29) is 121 Å². The predicted octanol–water partition coefficient (Wildman–Crippen LogP) is 15.9. The predicted molar refractivity (Wildman–Crippen MR) is 554 cm³/mol. The Labute approximate surface area is 863 Å². The standard InChI is InChI=1S/2C28H30FN7O2.2C27H30FN7O2/c1-27(2,3)21-12-22(18-6-8-20(29)9-7-18)33-36-15-23(32-24(21)36)26(38)35-11-10-34(16-28(35,4)5)25(37)19-13-30-17-31-14-19;1-27(2,3)20-14-22(18-6-8-19(29)9-7-18)33-36-15-23(32-24(20)36)26(38)35-13-12-34(16-28(35,4)5)25(37)21-10-11-30-17-31-21;1-26(2,3)20-12-21(17-6-8-19(28)9-7-17)32-35-15-22(31-23(20)35)25(37)34-11-10-33(16-27(34,4)5)24(36)18-13-29-30-14-18;1-26(2,3)19-14-20(17-6-8-18(28)9-7-17)32-35-15-21(31-23(19)35)24(36)34-13-12-33(16-27(34,4)5)25(37)22-29-10-11-30-22/h6-9,12-15,17H,10-11,16H2,1-5H3;6-11,14-15,17H,12-13,16H2,1-5H3;6-9,12-15H,10-11,16H2,1-5H3,(H,29,30);6-11,14-15H,12-13,16H2,1-5H3,(H,29,30). The van der Waals surface area contributed by atoms with Crippen molar-refractivity contribution in [3.63, 3.8) is 0 Å². The van der Waals surface area contributed by atoms with Crippen LogP contribution in [0.3, 0.4) is 0 Å². The highest BCUT2D eigenvalue weighted by atomic mass is 19.1. The number of benzene rings is 4. The summed E-state index contributed by atoms with van der Waals surface area (Å²) in [5, 5.41) is 25.3. The van der Waals surface area contributed by atoms with Crippen LogP contribution in [-0.4, -0.2) is 286 Å². The van der Waals surface area contributed by atoms with E-state index in [4.69, 9.17) is 40.3 Å². The van der Waals surface area contributed by atoms with Gasteiger partial charge in [0.2, 0.25) is 0 Å². The average molecular weight is 2040 g/mol. The first kappa shape index (κ1) is 105. The molecule has 16 heterocycles. The number of hydrogen-bond acceptors (Lipinski definition) is 22. The van der Waals surface area contributed by atoms with Gasteiger partial charge in [0.25, 0.3) is 47.3 Å². The molecule has 16 aromatic rings. The highest BCUT2D eigenvalue weighted by Crippen LogP contribution is 2.39. The van der Waals surface area contributed by atoms with E-state index in [0.29, 0.717) is 141 Å². The van der Waals surface area contributed by atoms with Crippen molar-refractivity contribution in [1.82, 2.24) is 138 Å². The van der Waals surface area contributed by atoms with E-state index in [0.717, 1.165) is 44.5 Å². The van der Waals surface area contributed by atoms with Crippen LogP contribution in [0.1, 0.15) is 245 Å². The Morgan fingerprint density at radius 2 is 0.607 bits per heavy atom. The number of piperazine rings is 4. The maximum atomic E-state index is 13.7. The number of imidazole rings is 5. The molecule has 4 aliphatic heterocycles. The Morgan fingerprint density at radius 1 is 0.313 bits per heavy atom. The van der Waals surface area contributed by atoms with Crippen molar-refractivity contribution in [3.8, 4) is 45.0 Å². The van der Waals surface area contributed by atoms with Crippen LogP contribution in [0.15, 0.2) is 208 Å². The molecule has 36 nitrogen and oxygen atoms in total. The van der Waals surface area contributed by atoms with Gasteiger partial charge in [-0.2, -0.15) is 25.5 Å². The molecule has 0 bridgehead atoms. The lowest BCUT2D eigenvalue weighted by Crippen LogP contribution is -2.62. The number of halogens is 4. The molecule has 0 saturated carbocycles. The number of aromatic nitrogens is 20. The minimum Gasteiger partial charge on any atom is -0.341 e. The van der Waals surface area contributed by atoms with Crippen LogP contribution < -0.4 is 0 Å². The molecule has 12 aromatic heterocycles. The van der Waals surface area contributed by atoms with E-state index in [1.54, 1.807) is 155 Å². The van der Waals surface area contributed by atoms with Crippen LogP contribution in [0.2, 0.25) is 0 Å². The Balaban J connectivity index is 0.000000136. The topological polar surface area (TPSA) is 392 Å². The summed E-state index contributed by atoms with van der Waals surface area (Å²) >= 11 is 0. The summed E-state index contributed by atoms with van der Waals surface area (Å²) in [6.07, 6.45) is 20.1. The second kappa shape index (κ2) is 40.6. The van der Waals surface area contributed by atoms with E-state index in [9.17, 15) is 55.9 Å². The molecule has 0 spiro atoms. The third-order valence-corrected chi connectivity index (χ3v) is 27.2. The zero-order valence-electron chi connectivity index (χ0n) is 87.5. The van der Waals surface area contributed by atoms with Crippen LogP contribution in [0.25, 0.3) is 67.6 Å². The third kappa shape index (κ3) is 22.2. The largest absolute Gasteiger partial charge is 0.341 e. The van der Waals surface area contributed by atoms with Gasteiger partial charge in [0.1, 0.15) is 64.4 Å². The molecule has 4 saturated heterocycles. The summed E-state index contributed by atoms with van der Waals surface area (Å²) in [5.74, 6) is -2.51. The van der Waals surface area contributed by atoms with Gasteiger partial charge in [-0.1, -0.05) is 83.1 Å². The number of carbonyl (C=O) groups is 8. The molecule has 0 atom stereocenters. The number of carbonyl (C=O) groups excluding carboxylic acids is 8. The van der Waals surface area contributed by atoms with E-state index in [1.165, 1.54) is 86.0 Å². The van der Waals surface area contributed by atoms with Crippen LogP contribution in [0.5, 0.6) is 0 Å². The molecule has 4 aliphatic rings. The number of H-pyrrole nitrogens is 2. The smallest absolute Gasteiger partial charge is 0.289 e. The normalized spacial score (nSPS) is 15.7. The van der Waals surface area contributed by atoms with Gasteiger partial charge >= 0.3 is 0 Å². The zero-order chi connectivity index (χ0) is 108. The second-order valence-corrected chi connectivity index (χ2v) is 44.5. The maximum absolute atomic E-state index is 13.7. The molecule has 8 amide bonds. The van der Waals surface area contributed by atoms with Crippen molar-refractivity contribution in [2.45, 2.75) is 182 Å². The van der Waals surface area contributed by atoms with Gasteiger partial charge < -0.3 is 44.2 Å². The summed E-state index contributed by atoms with van der Waals surface area (Å²) in [7, 11) is 0. The molecular formula is C110H120F4N28O8. The Hall–Kier alpha value is -16.6. The van der Waals surface area contributed by atoms with Crippen LogP contribution >= 0.6 is 0 Å². The summed E-state index contributed by atoms with van der Waals surface area (Å²) < 4.78 is 60.5. The first-order valence-electron chi connectivity index (χ1n) is 49.4. The first-order valence-corrected chi connectivity index (χ1v) is 49.4. The van der Waals surface area contributed by atoms with E-state index in [2.05, 4.69) is 123 Å². The van der Waals surface area contributed by atoms with Crippen LogP contribution in [0.4, 0.5) is 17.6 Å². The van der Waals surface area contributed by atoms with Crippen molar-refractivity contribution in [2.75, 3.05) is 78.5 Å². The number of nitrogens with zero attached hydrogens (tertiary/aromatic N) is 26. The number of nitrogens with one attached hydrogen (secondary N) is 2. The fraction of sp³-hybridized carbons (Fsp3) is 0.364.